The summed E-state index contributed by atoms with van der Waals surface area (Å²) in [4.78, 5) is 14.1. The Bertz CT molecular complexity index is 227. The highest BCUT2D eigenvalue weighted by atomic mass is 79.9. The maximum absolute atomic E-state index is 12.0. The van der Waals surface area contributed by atoms with Gasteiger partial charge in [-0.1, -0.05) is 22.9 Å². The lowest BCUT2D eigenvalue weighted by Gasteiger charge is -2.20. The number of likely N-dealkylation sites (tertiary alicyclic amines) is 1. The molecule has 3 heteroatoms. The van der Waals surface area contributed by atoms with E-state index in [2.05, 4.69) is 27.8 Å². The van der Waals surface area contributed by atoms with E-state index in [1.165, 1.54) is 19.3 Å². The first-order valence-electron chi connectivity index (χ1n) is 5.57. The molecule has 2 atom stereocenters. The monoisotopic (exact) mass is 259 g/mol. The van der Waals surface area contributed by atoms with Crippen LogP contribution in [0.15, 0.2) is 0 Å². The van der Waals surface area contributed by atoms with E-state index in [1.807, 2.05) is 0 Å². The van der Waals surface area contributed by atoms with Crippen LogP contribution in [-0.4, -0.2) is 29.2 Å². The number of carbonyl (C=O) groups excluding carboxylic acids is 1. The molecule has 1 aliphatic carbocycles. The fraction of sp³-hybridized carbons (Fsp3) is 0.909. The van der Waals surface area contributed by atoms with E-state index in [1.54, 1.807) is 0 Å². The van der Waals surface area contributed by atoms with Gasteiger partial charge in [0.2, 0.25) is 5.91 Å². The number of amides is 1. The Morgan fingerprint density at radius 3 is 2.71 bits per heavy atom. The van der Waals surface area contributed by atoms with E-state index >= 15 is 0 Å². The second-order valence-corrected chi connectivity index (χ2v) is 5.37. The van der Waals surface area contributed by atoms with Gasteiger partial charge in [0.25, 0.3) is 0 Å². The molecule has 2 nitrogen and oxygen atoms in total. The summed E-state index contributed by atoms with van der Waals surface area (Å²) >= 11 is 3.49. The normalized spacial score (nSPS) is 29.3. The molecule has 14 heavy (non-hydrogen) atoms. The van der Waals surface area contributed by atoms with Gasteiger partial charge in [-0.25, -0.2) is 0 Å². The maximum atomic E-state index is 12.0. The minimum atomic E-state index is 0.282. The van der Waals surface area contributed by atoms with E-state index in [4.69, 9.17) is 0 Å². The van der Waals surface area contributed by atoms with Crippen LogP contribution in [0.3, 0.4) is 0 Å². The molecule has 1 aliphatic heterocycles. The Morgan fingerprint density at radius 1 is 1.50 bits per heavy atom. The predicted octanol–water partition coefficient (Wildman–Crippen LogP) is 2.28. The summed E-state index contributed by atoms with van der Waals surface area (Å²) in [7, 11) is 0. The number of halogens is 1. The van der Waals surface area contributed by atoms with Crippen molar-refractivity contribution < 1.29 is 4.79 Å². The molecule has 0 N–H and O–H groups in total. The molecule has 2 unspecified atom stereocenters. The van der Waals surface area contributed by atoms with Gasteiger partial charge in [-0.2, -0.15) is 0 Å². The average Bonchev–Trinajstić information content (AvgIpc) is 2.94. The average molecular weight is 260 g/mol. The van der Waals surface area contributed by atoms with Crippen LogP contribution in [0.1, 0.15) is 26.2 Å². The molecule has 2 aliphatic rings. The summed E-state index contributed by atoms with van der Waals surface area (Å²) in [6.07, 6.45) is 3.71. The Balaban J connectivity index is 1.85. The molecule has 0 bridgehead atoms. The fourth-order valence-corrected chi connectivity index (χ4v) is 2.77. The summed E-state index contributed by atoms with van der Waals surface area (Å²) in [5.41, 5.74) is 0. The molecule has 0 aromatic rings. The first-order chi connectivity index (χ1) is 6.72. The van der Waals surface area contributed by atoms with Crippen LogP contribution in [-0.2, 0) is 4.79 Å². The fourth-order valence-electron chi connectivity index (χ4n) is 2.24. The van der Waals surface area contributed by atoms with Crippen molar-refractivity contribution in [3.05, 3.63) is 0 Å². The summed E-state index contributed by atoms with van der Waals surface area (Å²) < 4.78 is 0. The molecule has 1 saturated carbocycles. The first-order valence-corrected chi connectivity index (χ1v) is 6.69. The Kier molecular flexibility index (Phi) is 3.15. The molecule has 80 valence electrons. The van der Waals surface area contributed by atoms with Crippen molar-refractivity contribution in [1.82, 2.24) is 4.90 Å². The molecule has 0 aromatic carbocycles. The molecule has 1 heterocycles. The van der Waals surface area contributed by atoms with Crippen LogP contribution < -0.4 is 0 Å². The minimum absolute atomic E-state index is 0.282. The third-order valence-electron chi connectivity index (χ3n) is 3.53. The summed E-state index contributed by atoms with van der Waals surface area (Å²) in [5.74, 6) is 2.07. The largest absolute Gasteiger partial charge is 0.342 e. The molecular formula is C11H18BrNO. The van der Waals surface area contributed by atoms with Crippen LogP contribution in [0.5, 0.6) is 0 Å². The zero-order chi connectivity index (χ0) is 10.1. The van der Waals surface area contributed by atoms with Crippen LogP contribution in [0.25, 0.3) is 0 Å². The van der Waals surface area contributed by atoms with Crippen molar-refractivity contribution >= 4 is 21.8 Å². The number of hydrogen-bond donors (Lipinski definition) is 0. The molecular weight excluding hydrogens is 242 g/mol. The lowest BCUT2D eigenvalue weighted by molar-refractivity contribution is -0.134. The zero-order valence-corrected chi connectivity index (χ0v) is 10.3. The third-order valence-corrected chi connectivity index (χ3v) is 4.45. The Hall–Kier alpha value is -0.0500. The number of alkyl halides is 1. The van der Waals surface area contributed by atoms with Crippen LogP contribution in [0, 0.1) is 17.8 Å². The molecule has 0 radical (unpaired) electrons. The van der Waals surface area contributed by atoms with Crippen molar-refractivity contribution in [2.45, 2.75) is 26.2 Å². The highest BCUT2D eigenvalue weighted by Gasteiger charge is 2.36. The Morgan fingerprint density at radius 2 is 2.21 bits per heavy atom. The van der Waals surface area contributed by atoms with Crippen molar-refractivity contribution in [3.63, 3.8) is 0 Å². The SMILES string of the molecule is CC(C(=O)N1CCC(CBr)C1)C1CC1. The highest BCUT2D eigenvalue weighted by molar-refractivity contribution is 9.09. The van der Waals surface area contributed by atoms with Crippen molar-refractivity contribution in [3.8, 4) is 0 Å². The highest BCUT2D eigenvalue weighted by Crippen LogP contribution is 2.38. The van der Waals surface area contributed by atoms with Gasteiger partial charge in [-0.05, 0) is 31.1 Å². The van der Waals surface area contributed by atoms with Gasteiger partial charge in [0, 0.05) is 24.3 Å². The van der Waals surface area contributed by atoms with E-state index in [0.29, 0.717) is 17.7 Å². The van der Waals surface area contributed by atoms with E-state index < -0.39 is 0 Å². The van der Waals surface area contributed by atoms with Gasteiger partial charge in [0.05, 0.1) is 0 Å². The van der Waals surface area contributed by atoms with Gasteiger partial charge in [-0.15, -0.1) is 0 Å². The summed E-state index contributed by atoms with van der Waals surface area (Å²) in [6, 6.07) is 0. The third kappa shape index (κ3) is 2.13. The van der Waals surface area contributed by atoms with E-state index in [-0.39, 0.29) is 5.92 Å². The Labute approximate surface area is 94.2 Å². The second-order valence-electron chi connectivity index (χ2n) is 4.72. The standard InChI is InChI=1S/C11H18BrNO/c1-8(10-2-3-10)11(14)13-5-4-9(6-12)7-13/h8-10H,2-7H2,1H3. The first kappa shape index (κ1) is 10.5. The number of hydrogen-bond acceptors (Lipinski definition) is 1. The summed E-state index contributed by atoms with van der Waals surface area (Å²) in [6.45, 7) is 4.05. The minimum Gasteiger partial charge on any atom is -0.342 e. The van der Waals surface area contributed by atoms with Crippen LogP contribution in [0.2, 0.25) is 0 Å². The van der Waals surface area contributed by atoms with Crippen molar-refractivity contribution in [2.75, 3.05) is 18.4 Å². The van der Waals surface area contributed by atoms with Gasteiger partial charge in [0.15, 0.2) is 0 Å². The molecule has 2 rings (SSSR count). The van der Waals surface area contributed by atoms with Gasteiger partial charge >= 0.3 is 0 Å². The van der Waals surface area contributed by atoms with Crippen LogP contribution >= 0.6 is 15.9 Å². The number of nitrogens with zero attached hydrogens (tertiary/aromatic N) is 1. The van der Waals surface area contributed by atoms with Crippen molar-refractivity contribution in [2.24, 2.45) is 17.8 Å². The second kappa shape index (κ2) is 4.21. The van der Waals surface area contributed by atoms with Gasteiger partial charge < -0.3 is 4.90 Å². The lowest BCUT2D eigenvalue weighted by Crippen LogP contribution is -2.34. The molecule has 1 saturated heterocycles. The molecule has 2 fully saturated rings. The van der Waals surface area contributed by atoms with Gasteiger partial charge in [0.1, 0.15) is 0 Å². The number of rotatable bonds is 3. The quantitative estimate of drug-likeness (QED) is 0.713. The summed E-state index contributed by atoms with van der Waals surface area (Å²) in [5, 5.41) is 1.04. The number of carbonyl (C=O) groups is 1. The maximum Gasteiger partial charge on any atom is 0.225 e. The van der Waals surface area contributed by atoms with Crippen LogP contribution in [0.4, 0.5) is 0 Å². The lowest BCUT2D eigenvalue weighted by atomic mass is 10.1. The van der Waals surface area contributed by atoms with Gasteiger partial charge in [-0.3, -0.25) is 4.79 Å². The smallest absolute Gasteiger partial charge is 0.225 e. The predicted molar refractivity (Wildman–Crippen MR) is 60.4 cm³/mol. The zero-order valence-electron chi connectivity index (χ0n) is 8.71. The van der Waals surface area contributed by atoms with Crippen molar-refractivity contribution in [1.29, 1.82) is 0 Å². The van der Waals surface area contributed by atoms with E-state index in [9.17, 15) is 4.79 Å². The molecule has 1 amide bonds. The molecule has 0 spiro atoms. The topological polar surface area (TPSA) is 20.3 Å². The van der Waals surface area contributed by atoms with E-state index in [0.717, 1.165) is 18.4 Å². The molecule has 0 aromatic heterocycles.